The zero-order valence-electron chi connectivity index (χ0n) is 22.8. The number of nitrogens with zero attached hydrogens (tertiary/aromatic N) is 7. The minimum atomic E-state index is -0.653. The topological polar surface area (TPSA) is 113 Å². The second-order valence-electron chi connectivity index (χ2n) is 10.5. The third-order valence-electron chi connectivity index (χ3n) is 7.70. The third-order valence-corrected chi connectivity index (χ3v) is 8.05. The summed E-state index contributed by atoms with van der Waals surface area (Å²) in [7, 11) is 2.09. The van der Waals surface area contributed by atoms with E-state index >= 15 is 0 Å². The minimum absolute atomic E-state index is 0.0798. The molecule has 3 aromatic heterocycles. The van der Waals surface area contributed by atoms with Gasteiger partial charge in [0.25, 0.3) is 0 Å². The predicted molar refractivity (Wildman–Crippen MR) is 153 cm³/mol. The number of hydrogen-bond donors (Lipinski definition) is 1. The number of pyridine rings is 1. The van der Waals surface area contributed by atoms with Gasteiger partial charge in [0.15, 0.2) is 5.75 Å². The number of aromatic amines is 1. The number of ether oxygens (including phenoxy) is 2. The molecule has 2 atom stereocenters. The van der Waals surface area contributed by atoms with Crippen LogP contribution in [-0.2, 0) is 4.79 Å². The van der Waals surface area contributed by atoms with Crippen LogP contribution in [0.5, 0.6) is 17.6 Å². The average Bonchev–Trinajstić information content (AvgIpc) is 3.58. The van der Waals surface area contributed by atoms with E-state index in [2.05, 4.69) is 45.5 Å². The van der Waals surface area contributed by atoms with Crippen LogP contribution < -0.4 is 14.4 Å². The van der Waals surface area contributed by atoms with E-state index in [-0.39, 0.29) is 34.6 Å². The first kappa shape index (κ1) is 27.2. The fraction of sp³-hybridized carbons (Fsp3) is 0.393. The van der Waals surface area contributed by atoms with E-state index in [4.69, 9.17) is 31.0 Å². The number of likely N-dealkylation sites (N-methyl/N-ethyl adjacent to an activating group) is 1. The number of piperazine rings is 1. The van der Waals surface area contributed by atoms with Gasteiger partial charge < -0.3 is 19.3 Å². The van der Waals surface area contributed by atoms with E-state index in [9.17, 15) is 9.18 Å². The van der Waals surface area contributed by atoms with Crippen LogP contribution in [0.25, 0.3) is 21.8 Å². The lowest BCUT2D eigenvalue weighted by atomic mass is 10.1. The number of hydrogen-bond acceptors (Lipinski definition) is 9. The number of carbonyl (C=O) groups is 1. The van der Waals surface area contributed by atoms with Gasteiger partial charge in [0.2, 0.25) is 11.8 Å². The molecule has 1 amide bonds. The van der Waals surface area contributed by atoms with Gasteiger partial charge in [0.1, 0.15) is 28.8 Å². The molecule has 41 heavy (non-hydrogen) atoms. The van der Waals surface area contributed by atoms with E-state index < -0.39 is 5.82 Å². The van der Waals surface area contributed by atoms with Crippen LogP contribution in [-0.4, -0.2) is 93.3 Å². The maximum absolute atomic E-state index is 14.6. The van der Waals surface area contributed by atoms with E-state index in [1.165, 1.54) is 18.3 Å². The van der Waals surface area contributed by atoms with E-state index in [0.717, 1.165) is 13.0 Å². The highest BCUT2D eigenvalue weighted by Crippen LogP contribution is 2.40. The SMILES string of the molecule is C=CC(=O)N1CCN(c2nc(OC[C@@H]3C[C@H](C)CN3C)nc3c(Oc4c(Cl)c(F)cc5[nH]ncc45)nccc23)CC1. The minimum Gasteiger partial charge on any atom is -0.462 e. The van der Waals surface area contributed by atoms with Gasteiger partial charge >= 0.3 is 6.01 Å². The summed E-state index contributed by atoms with van der Waals surface area (Å²) >= 11 is 6.33. The van der Waals surface area contributed by atoms with Gasteiger partial charge in [-0.2, -0.15) is 15.1 Å². The number of rotatable bonds is 7. The third kappa shape index (κ3) is 5.24. The molecular weight excluding hydrogens is 551 g/mol. The Labute approximate surface area is 240 Å². The first-order valence-corrected chi connectivity index (χ1v) is 13.8. The van der Waals surface area contributed by atoms with Gasteiger partial charge in [0, 0.05) is 51.0 Å². The molecule has 4 aromatic rings. The Morgan fingerprint density at radius 3 is 2.80 bits per heavy atom. The van der Waals surface area contributed by atoms with Crippen LogP contribution in [0.3, 0.4) is 0 Å². The molecule has 0 bridgehead atoms. The van der Waals surface area contributed by atoms with Gasteiger partial charge in [-0.25, -0.2) is 9.37 Å². The summed E-state index contributed by atoms with van der Waals surface area (Å²) in [4.78, 5) is 32.2. The fourth-order valence-electron chi connectivity index (χ4n) is 5.57. The molecule has 1 aromatic carbocycles. The molecule has 2 aliphatic rings. The molecule has 0 unspecified atom stereocenters. The zero-order chi connectivity index (χ0) is 28.7. The Bertz CT molecular complexity index is 1620. The standard InChI is InChI=1S/C28H30ClFN8O3/c1-4-22(39)37-7-9-38(10-8-37)26-18-5-6-31-27(41-25-19-13-32-35-21(19)12-20(30)23(25)29)24(18)33-28(34-26)40-15-17-11-16(2)14-36(17)3/h4-6,12-13,16-17H,1,7-11,14-15H2,2-3H3,(H,32,35)/t16-,17-/m0/s1. The second-order valence-corrected chi connectivity index (χ2v) is 10.9. The van der Waals surface area contributed by atoms with E-state index in [1.54, 1.807) is 17.2 Å². The molecule has 0 radical (unpaired) electrons. The van der Waals surface area contributed by atoms with Crippen LogP contribution in [0.4, 0.5) is 10.2 Å². The monoisotopic (exact) mass is 580 g/mol. The maximum Gasteiger partial charge on any atom is 0.319 e. The molecule has 1 N–H and O–H groups in total. The largest absolute Gasteiger partial charge is 0.462 e. The van der Waals surface area contributed by atoms with Gasteiger partial charge in [-0.1, -0.05) is 25.1 Å². The molecule has 0 aliphatic carbocycles. The van der Waals surface area contributed by atoms with Crippen LogP contribution in [0.1, 0.15) is 13.3 Å². The highest BCUT2D eigenvalue weighted by atomic mass is 35.5. The number of halogens is 2. The maximum atomic E-state index is 14.6. The summed E-state index contributed by atoms with van der Waals surface area (Å²) < 4.78 is 27.0. The number of H-pyrrole nitrogens is 1. The lowest BCUT2D eigenvalue weighted by Gasteiger charge is -2.35. The summed E-state index contributed by atoms with van der Waals surface area (Å²) in [5.74, 6) is 0.661. The van der Waals surface area contributed by atoms with E-state index in [1.807, 2.05) is 0 Å². The van der Waals surface area contributed by atoms with Crippen molar-refractivity contribution in [1.29, 1.82) is 0 Å². The van der Waals surface area contributed by atoms with Crippen molar-refractivity contribution in [2.24, 2.45) is 5.92 Å². The number of amides is 1. The molecule has 0 saturated carbocycles. The first-order chi connectivity index (χ1) is 19.8. The van der Waals surface area contributed by atoms with Gasteiger partial charge in [-0.15, -0.1) is 0 Å². The van der Waals surface area contributed by atoms with Crippen molar-refractivity contribution >= 4 is 45.1 Å². The van der Waals surface area contributed by atoms with Crippen molar-refractivity contribution in [3.8, 4) is 17.6 Å². The van der Waals surface area contributed by atoms with Crippen molar-refractivity contribution in [2.75, 3.05) is 51.3 Å². The molecule has 2 fully saturated rings. The summed E-state index contributed by atoms with van der Waals surface area (Å²) in [5.41, 5.74) is 0.825. The summed E-state index contributed by atoms with van der Waals surface area (Å²) in [6.45, 7) is 9.39. The number of fused-ring (bicyclic) bond motifs is 2. The van der Waals surface area contributed by atoms with Crippen molar-refractivity contribution in [3.05, 3.63) is 48.0 Å². The molecule has 2 aliphatic heterocycles. The molecular formula is C28H30ClFN8O3. The number of benzene rings is 1. The first-order valence-electron chi connectivity index (χ1n) is 13.5. The Balaban J connectivity index is 1.39. The van der Waals surface area contributed by atoms with Crippen molar-refractivity contribution in [2.45, 2.75) is 19.4 Å². The molecule has 13 heteroatoms. The van der Waals surface area contributed by atoms with Crippen LogP contribution in [0.15, 0.2) is 37.2 Å². The molecule has 2 saturated heterocycles. The second kappa shape index (κ2) is 11.1. The Morgan fingerprint density at radius 1 is 1.27 bits per heavy atom. The fourth-order valence-corrected chi connectivity index (χ4v) is 5.76. The smallest absolute Gasteiger partial charge is 0.319 e. The van der Waals surface area contributed by atoms with Gasteiger partial charge in [-0.05, 0) is 31.5 Å². The lowest BCUT2D eigenvalue weighted by Crippen LogP contribution is -2.48. The molecule has 6 rings (SSSR count). The quantitative estimate of drug-likeness (QED) is 0.324. The average molecular weight is 581 g/mol. The van der Waals surface area contributed by atoms with Gasteiger partial charge in [-0.3, -0.25) is 14.8 Å². The molecule has 214 valence electrons. The number of anilines is 1. The number of aromatic nitrogens is 5. The number of likely N-dealkylation sites (tertiary alicyclic amines) is 1. The molecule has 0 spiro atoms. The Morgan fingerprint density at radius 2 is 2.07 bits per heavy atom. The summed E-state index contributed by atoms with van der Waals surface area (Å²) in [6, 6.07) is 3.49. The number of carbonyl (C=O) groups excluding carboxylic acids is 1. The normalized spacial score (nSPS) is 19.7. The molecule has 11 nitrogen and oxygen atoms in total. The highest BCUT2D eigenvalue weighted by Gasteiger charge is 2.29. The summed E-state index contributed by atoms with van der Waals surface area (Å²) in [5, 5.41) is 7.72. The highest BCUT2D eigenvalue weighted by molar-refractivity contribution is 6.33. The Hall–Kier alpha value is -4.03. The molecule has 5 heterocycles. The van der Waals surface area contributed by atoms with Crippen molar-refractivity contribution in [3.63, 3.8) is 0 Å². The number of nitrogens with one attached hydrogen (secondary N) is 1. The van der Waals surface area contributed by atoms with Crippen LogP contribution >= 0.6 is 11.6 Å². The van der Waals surface area contributed by atoms with Crippen LogP contribution in [0.2, 0.25) is 5.02 Å². The lowest BCUT2D eigenvalue weighted by molar-refractivity contribution is -0.126. The van der Waals surface area contributed by atoms with Crippen molar-refractivity contribution in [1.82, 2.24) is 34.9 Å². The van der Waals surface area contributed by atoms with Gasteiger partial charge in [0.05, 0.1) is 22.5 Å². The zero-order valence-corrected chi connectivity index (χ0v) is 23.6. The van der Waals surface area contributed by atoms with E-state index in [0.29, 0.717) is 66.3 Å². The van der Waals surface area contributed by atoms with Crippen molar-refractivity contribution < 1.29 is 18.7 Å². The Kier molecular flexibility index (Phi) is 7.35. The predicted octanol–water partition coefficient (Wildman–Crippen LogP) is 4.04. The van der Waals surface area contributed by atoms with Crippen LogP contribution in [0, 0.1) is 11.7 Å². The summed E-state index contributed by atoms with van der Waals surface area (Å²) in [6.07, 6.45) is 5.44.